The third-order valence-electron chi connectivity index (χ3n) is 2.46. The first-order valence-electron chi connectivity index (χ1n) is 5.27. The van der Waals surface area contributed by atoms with Crippen LogP contribution < -0.4 is 5.73 Å². The van der Waals surface area contributed by atoms with Crippen molar-refractivity contribution < 1.29 is 4.39 Å². The maximum absolute atomic E-state index is 13.2. The van der Waals surface area contributed by atoms with Crippen molar-refractivity contribution >= 4 is 23.1 Å². The molecule has 2 N–H and O–H groups in total. The molecule has 0 fully saturated rings. The fourth-order valence-corrected chi connectivity index (χ4v) is 2.47. The van der Waals surface area contributed by atoms with Crippen LogP contribution in [0.1, 0.15) is 0 Å². The normalized spacial score (nSPS) is 10.9. The van der Waals surface area contributed by atoms with E-state index in [9.17, 15) is 4.39 Å². The maximum Gasteiger partial charge on any atom is 0.200 e. The van der Waals surface area contributed by atoms with Gasteiger partial charge in [-0.15, -0.1) is 10.2 Å². The molecule has 4 nitrogen and oxygen atoms in total. The molecular formula is C12H9FN4S. The van der Waals surface area contributed by atoms with Crippen LogP contribution in [0.3, 0.4) is 0 Å². The predicted octanol–water partition coefficient (Wildman–Crippen LogP) is 2.60. The average Bonchev–Trinajstić information content (AvgIpc) is 2.78. The van der Waals surface area contributed by atoms with Gasteiger partial charge in [0.15, 0.2) is 5.65 Å². The Hall–Kier alpha value is -2.08. The highest BCUT2D eigenvalue weighted by atomic mass is 32.2. The van der Waals surface area contributed by atoms with Crippen molar-refractivity contribution in [3.05, 3.63) is 48.4 Å². The van der Waals surface area contributed by atoms with E-state index in [1.54, 1.807) is 6.07 Å². The summed E-state index contributed by atoms with van der Waals surface area (Å²) in [5.74, 6) is -0.319. The summed E-state index contributed by atoms with van der Waals surface area (Å²) in [5.41, 5.74) is 7.07. The van der Waals surface area contributed by atoms with Crippen molar-refractivity contribution in [2.75, 3.05) is 5.73 Å². The molecule has 3 rings (SSSR count). The number of halogens is 1. The van der Waals surface area contributed by atoms with E-state index in [1.165, 1.54) is 23.9 Å². The lowest BCUT2D eigenvalue weighted by atomic mass is 10.3. The Balaban J connectivity index is 2.04. The van der Waals surface area contributed by atoms with Gasteiger partial charge in [0, 0.05) is 16.8 Å². The third-order valence-corrected chi connectivity index (χ3v) is 3.49. The van der Waals surface area contributed by atoms with Crippen molar-refractivity contribution in [2.45, 2.75) is 10.1 Å². The number of hydrogen-bond donors (Lipinski definition) is 1. The standard InChI is InChI=1S/C12H9FN4S/c13-8-4-5-9(14)10(7-8)18-12-16-15-11-3-1-2-6-17(11)12/h1-7H,14H2. The number of nitrogen functional groups attached to an aromatic ring is 1. The molecule has 0 aliphatic carbocycles. The molecule has 1 aromatic carbocycles. The highest BCUT2D eigenvalue weighted by molar-refractivity contribution is 7.99. The highest BCUT2D eigenvalue weighted by Gasteiger charge is 2.09. The van der Waals surface area contributed by atoms with Crippen LogP contribution in [0.5, 0.6) is 0 Å². The van der Waals surface area contributed by atoms with Crippen LogP contribution in [0.15, 0.2) is 52.6 Å². The minimum Gasteiger partial charge on any atom is -0.398 e. The second kappa shape index (κ2) is 4.30. The summed E-state index contributed by atoms with van der Waals surface area (Å²) < 4.78 is 15.0. The number of aromatic nitrogens is 3. The lowest BCUT2D eigenvalue weighted by Gasteiger charge is -2.03. The Morgan fingerprint density at radius 1 is 1.17 bits per heavy atom. The Kier molecular flexibility index (Phi) is 2.64. The summed E-state index contributed by atoms with van der Waals surface area (Å²) in [4.78, 5) is 0.633. The van der Waals surface area contributed by atoms with Gasteiger partial charge in [0.2, 0.25) is 5.16 Å². The molecule has 0 saturated carbocycles. The fourth-order valence-electron chi connectivity index (χ4n) is 1.58. The molecule has 3 aromatic rings. The number of rotatable bonds is 2. The third kappa shape index (κ3) is 1.91. The predicted molar refractivity (Wildman–Crippen MR) is 67.9 cm³/mol. The topological polar surface area (TPSA) is 56.2 Å². The van der Waals surface area contributed by atoms with E-state index in [0.29, 0.717) is 15.7 Å². The molecule has 90 valence electrons. The average molecular weight is 260 g/mol. The zero-order valence-electron chi connectivity index (χ0n) is 9.25. The van der Waals surface area contributed by atoms with Gasteiger partial charge in [-0.05, 0) is 42.1 Å². The summed E-state index contributed by atoms with van der Waals surface area (Å²) in [5, 5.41) is 8.74. The van der Waals surface area contributed by atoms with Crippen molar-refractivity contribution in [3.63, 3.8) is 0 Å². The maximum atomic E-state index is 13.2. The molecule has 0 radical (unpaired) electrons. The lowest BCUT2D eigenvalue weighted by Crippen LogP contribution is -1.91. The number of hydrogen-bond acceptors (Lipinski definition) is 4. The number of pyridine rings is 1. The fraction of sp³-hybridized carbons (Fsp3) is 0. The molecule has 0 aliphatic rings. The SMILES string of the molecule is Nc1ccc(F)cc1Sc1nnc2ccccn12. The van der Waals surface area contributed by atoms with Gasteiger partial charge in [-0.3, -0.25) is 4.40 Å². The first kappa shape index (κ1) is 11.0. The van der Waals surface area contributed by atoms with Crippen LogP contribution in [0.4, 0.5) is 10.1 Å². The van der Waals surface area contributed by atoms with Gasteiger partial charge in [-0.1, -0.05) is 6.07 Å². The Labute approximate surface area is 107 Å². The van der Waals surface area contributed by atoms with Gasteiger partial charge in [0.05, 0.1) is 0 Å². The minimum atomic E-state index is -0.319. The molecule has 0 spiro atoms. The highest BCUT2D eigenvalue weighted by Crippen LogP contribution is 2.31. The van der Waals surface area contributed by atoms with E-state index in [-0.39, 0.29) is 5.82 Å². The van der Waals surface area contributed by atoms with Crippen LogP contribution in [0, 0.1) is 5.82 Å². The van der Waals surface area contributed by atoms with Crippen LogP contribution in [-0.2, 0) is 0 Å². The molecule has 0 saturated heterocycles. The molecule has 6 heteroatoms. The van der Waals surface area contributed by atoms with E-state index in [1.807, 2.05) is 28.8 Å². The second-order valence-corrected chi connectivity index (χ2v) is 4.70. The van der Waals surface area contributed by atoms with Crippen LogP contribution in [0.25, 0.3) is 5.65 Å². The summed E-state index contributed by atoms with van der Waals surface area (Å²) in [7, 11) is 0. The Morgan fingerprint density at radius 3 is 2.94 bits per heavy atom. The van der Waals surface area contributed by atoms with Gasteiger partial charge < -0.3 is 5.73 Å². The Bertz CT molecular complexity index is 710. The molecular weight excluding hydrogens is 251 g/mol. The monoisotopic (exact) mass is 260 g/mol. The van der Waals surface area contributed by atoms with Crippen molar-refractivity contribution in [1.82, 2.24) is 14.6 Å². The Morgan fingerprint density at radius 2 is 2.06 bits per heavy atom. The van der Waals surface area contributed by atoms with Crippen LogP contribution in [0.2, 0.25) is 0 Å². The largest absolute Gasteiger partial charge is 0.398 e. The van der Waals surface area contributed by atoms with E-state index < -0.39 is 0 Å². The number of anilines is 1. The first-order chi connectivity index (χ1) is 8.74. The van der Waals surface area contributed by atoms with Gasteiger partial charge in [0.25, 0.3) is 0 Å². The van der Waals surface area contributed by atoms with E-state index in [4.69, 9.17) is 5.73 Å². The lowest BCUT2D eigenvalue weighted by molar-refractivity contribution is 0.624. The molecule has 18 heavy (non-hydrogen) atoms. The van der Waals surface area contributed by atoms with Gasteiger partial charge in [-0.25, -0.2) is 4.39 Å². The minimum absolute atomic E-state index is 0.319. The number of nitrogens with two attached hydrogens (primary N) is 1. The van der Waals surface area contributed by atoms with E-state index >= 15 is 0 Å². The quantitative estimate of drug-likeness (QED) is 0.720. The van der Waals surface area contributed by atoms with Gasteiger partial charge in [-0.2, -0.15) is 0 Å². The summed E-state index contributed by atoms with van der Waals surface area (Å²) in [6.07, 6.45) is 1.85. The zero-order chi connectivity index (χ0) is 12.5. The van der Waals surface area contributed by atoms with Gasteiger partial charge >= 0.3 is 0 Å². The summed E-state index contributed by atoms with van der Waals surface area (Å²) >= 11 is 1.29. The molecule has 2 heterocycles. The molecule has 0 bridgehead atoms. The number of benzene rings is 1. The second-order valence-electron chi connectivity index (χ2n) is 3.70. The number of fused-ring (bicyclic) bond motifs is 1. The van der Waals surface area contributed by atoms with Gasteiger partial charge in [0.1, 0.15) is 5.82 Å². The van der Waals surface area contributed by atoms with Crippen molar-refractivity contribution in [1.29, 1.82) is 0 Å². The first-order valence-corrected chi connectivity index (χ1v) is 6.08. The zero-order valence-corrected chi connectivity index (χ0v) is 10.1. The van der Waals surface area contributed by atoms with Crippen molar-refractivity contribution in [2.24, 2.45) is 0 Å². The molecule has 0 amide bonds. The van der Waals surface area contributed by atoms with Crippen LogP contribution in [-0.4, -0.2) is 14.6 Å². The molecule has 0 atom stereocenters. The summed E-state index contributed by atoms with van der Waals surface area (Å²) in [6.45, 7) is 0. The molecule has 2 aromatic heterocycles. The molecule has 0 unspecified atom stereocenters. The molecule has 0 aliphatic heterocycles. The summed E-state index contributed by atoms with van der Waals surface area (Å²) in [6, 6.07) is 9.89. The van der Waals surface area contributed by atoms with Crippen molar-refractivity contribution in [3.8, 4) is 0 Å². The smallest absolute Gasteiger partial charge is 0.200 e. The van der Waals surface area contributed by atoms with E-state index in [2.05, 4.69) is 10.2 Å². The van der Waals surface area contributed by atoms with Crippen LogP contribution >= 0.6 is 11.8 Å². The number of nitrogens with zero attached hydrogens (tertiary/aromatic N) is 3. The van der Waals surface area contributed by atoms with E-state index in [0.717, 1.165) is 5.65 Å².